The number of hydrogen-bond donors (Lipinski definition) is 0. The van der Waals surface area contributed by atoms with Crippen molar-refractivity contribution >= 4 is 5.82 Å². The molecule has 0 bridgehead atoms. The highest BCUT2D eigenvalue weighted by Crippen LogP contribution is 2.23. The first kappa shape index (κ1) is 18.3. The largest absolute Gasteiger partial charge is 0.355 e. The maximum absolute atomic E-state index is 13.2. The van der Waals surface area contributed by atoms with Crippen LogP contribution in [0.5, 0.6) is 0 Å². The molecule has 136 valence electrons. The van der Waals surface area contributed by atoms with Crippen LogP contribution in [-0.2, 0) is 6.54 Å². The lowest BCUT2D eigenvalue weighted by Crippen LogP contribution is -2.44. The molecule has 0 saturated carbocycles. The summed E-state index contributed by atoms with van der Waals surface area (Å²) in [6.07, 6.45) is 1.03. The van der Waals surface area contributed by atoms with Crippen LogP contribution in [0.2, 0.25) is 0 Å². The van der Waals surface area contributed by atoms with E-state index < -0.39 is 0 Å². The minimum absolute atomic E-state index is 0.195. The molecule has 1 aromatic heterocycles. The summed E-state index contributed by atoms with van der Waals surface area (Å²) in [4.78, 5) is 9.25. The molecular formula is C21H25FN4. The molecule has 1 saturated heterocycles. The molecule has 0 aliphatic carbocycles. The number of nitrogens with zero attached hydrogens (tertiary/aromatic N) is 4. The summed E-state index contributed by atoms with van der Waals surface area (Å²) in [5.74, 6) is 1.16. The number of nitriles is 1. The molecule has 3 rings (SSSR count). The van der Waals surface area contributed by atoms with Gasteiger partial charge in [-0.05, 0) is 42.2 Å². The second kappa shape index (κ2) is 8.29. The quantitative estimate of drug-likeness (QED) is 0.839. The van der Waals surface area contributed by atoms with Gasteiger partial charge in [-0.15, -0.1) is 0 Å². The fraction of sp³-hybridized carbons (Fsp3) is 0.429. The summed E-state index contributed by atoms with van der Waals surface area (Å²) in [7, 11) is 0. The molecule has 1 aliphatic rings. The zero-order valence-corrected chi connectivity index (χ0v) is 15.4. The molecule has 4 nitrogen and oxygen atoms in total. The van der Waals surface area contributed by atoms with Crippen LogP contribution >= 0.6 is 0 Å². The average molecular weight is 352 g/mol. The topological polar surface area (TPSA) is 43.2 Å². The Morgan fingerprint density at radius 3 is 2.65 bits per heavy atom. The molecule has 1 atom stereocenters. The van der Waals surface area contributed by atoms with Gasteiger partial charge in [-0.25, -0.2) is 9.37 Å². The zero-order valence-electron chi connectivity index (χ0n) is 15.4. The summed E-state index contributed by atoms with van der Waals surface area (Å²) < 4.78 is 13.2. The van der Waals surface area contributed by atoms with E-state index in [9.17, 15) is 4.39 Å². The Labute approximate surface area is 154 Å². The summed E-state index contributed by atoms with van der Waals surface area (Å²) in [6.45, 7) is 8.10. The maximum Gasteiger partial charge on any atom is 0.142 e. The van der Waals surface area contributed by atoms with Crippen LogP contribution < -0.4 is 4.90 Å². The lowest BCUT2D eigenvalue weighted by atomic mass is 10.0. The Morgan fingerprint density at radius 1 is 1.19 bits per heavy atom. The molecule has 1 aromatic carbocycles. The summed E-state index contributed by atoms with van der Waals surface area (Å²) in [5.41, 5.74) is 1.59. The van der Waals surface area contributed by atoms with Crippen LogP contribution in [0.3, 0.4) is 0 Å². The molecule has 2 heterocycles. The van der Waals surface area contributed by atoms with Gasteiger partial charge in [0.15, 0.2) is 0 Å². The Morgan fingerprint density at radius 2 is 1.96 bits per heavy atom. The Balaban J connectivity index is 1.79. The van der Waals surface area contributed by atoms with Gasteiger partial charge in [-0.2, -0.15) is 5.26 Å². The van der Waals surface area contributed by atoms with E-state index in [1.165, 1.54) is 12.1 Å². The summed E-state index contributed by atoms with van der Waals surface area (Å²) in [5, 5.41) is 9.12. The fourth-order valence-electron chi connectivity index (χ4n) is 3.59. The van der Waals surface area contributed by atoms with Crippen molar-refractivity contribution in [3.63, 3.8) is 0 Å². The van der Waals surface area contributed by atoms with Crippen molar-refractivity contribution in [1.29, 1.82) is 5.26 Å². The van der Waals surface area contributed by atoms with Gasteiger partial charge >= 0.3 is 0 Å². The molecule has 0 amide bonds. The SMILES string of the molecule is CC(C)[C@H]1CN(c2cccc(C#N)n2)CCCN1Cc1ccc(F)cc1. The fourth-order valence-corrected chi connectivity index (χ4v) is 3.59. The van der Waals surface area contributed by atoms with Gasteiger partial charge in [-0.1, -0.05) is 32.0 Å². The third-order valence-corrected chi connectivity index (χ3v) is 4.99. The predicted molar refractivity (Wildman–Crippen MR) is 101 cm³/mol. The number of rotatable bonds is 4. The highest BCUT2D eigenvalue weighted by Gasteiger charge is 2.28. The highest BCUT2D eigenvalue weighted by molar-refractivity contribution is 5.42. The van der Waals surface area contributed by atoms with Crippen molar-refractivity contribution in [2.45, 2.75) is 32.9 Å². The number of halogens is 1. The average Bonchev–Trinajstić information content (AvgIpc) is 2.86. The van der Waals surface area contributed by atoms with Gasteiger partial charge in [0, 0.05) is 32.2 Å². The van der Waals surface area contributed by atoms with E-state index in [4.69, 9.17) is 5.26 Å². The van der Waals surface area contributed by atoms with Crippen molar-refractivity contribution in [2.75, 3.05) is 24.5 Å². The zero-order chi connectivity index (χ0) is 18.5. The van der Waals surface area contributed by atoms with Crippen LogP contribution in [-0.4, -0.2) is 35.6 Å². The van der Waals surface area contributed by atoms with Crippen LogP contribution in [0, 0.1) is 23.1 Å². The van der Waals surface area contributed by atoms with Crippen LogP contribution in [0.25, 0.3) is 0 Å². The minimum Gasteiger partial charge on any atom is -0.355 e. The van der Waals surface area contributed by atoms with Gasteiger partial charge in [0.05, 0.1) is 0 Å². The number of anilines is 1. The Bertz CT molecular complexity index is 766. The first-order valence-electron chi connectivity index (χ1n) is 9.17. The highest BCUT2D eigenvalue weighted by atomic mass is 19.1. The molecule has 0 N–H and O–H groups in total. The first-order chi connectivity index (χ1) is 12.6. The second-order valence-corrected chi connectivity index (χ2v) is 7.20. The third-order valence-electron chi connectivity index (χ3n) is 4.99. The van der Waals surface area contributed by atoms with E-state index >= 15 is 0 Å². The molecule has 0 unspecified atom stereocenters. The first-order valence-corrected chi connectivity index (χ1v) is 9.17. The molecular weight excluding hydrogens is 327 g/mol. The lowest BCUT2D eigenvalue weighted by molar-refractivity contribution is 0.161. The van der Waals surface area contributed by atoms with Crippen LogP contribution in [0.15, 0.2) is 42.5 Å². The van der Waals surface area contributed by atoms with Gasteiger partial charge in [0.25, 0.3) is 0 Å². The summed E-state index contributed by atoms with van der Waals surface area (Å²) >= 11 is 0. The molecule has 0 radical (unpaired) electrons. The number of pyridine rings is 1. The number of hydrogen-bond acceptors (Lipinski definition) is 4. The van der Waals surface area contributed by atoms with Crippen molar-refractivity contribution in [1.82, 2.24) is 9.88 Å². The summed E-state index contributed by atoms with van der Waals surface area (Å²) in [6, 6.07) is 14.9. The Kier molecular flexibility index (Phi) is 5.85. The van der Waals surface area contributed by atoms with E-state index in [0.717, 1.165) is 44.0 Å². The van der Waals surface area contributed by atoms with Gasteiger partial charge in [-0.3, -0.25) is 4.90 Å². The van der Waals surface area contributed by atoms with E-state index in [1.54, 1.807) is 6.07 Å². The van der Waals surface area contributed by atoms with E-state index in [1.807, 2.05) is 24.3 Å². The molecule has 26 heavy (non-hydrogen) atoms. The van der Waals surface area contributed by atoms with Crippen molar-refractivity contribution in [2.24, 2.45) is 5.92 Å². The Hall–Kier alpha value is -2.45. The molecule has 5 heteroatoms. The third kappa shape index (κ3) is 4.39. The molecule has 1 fully saturated rings. The van der Waals surface area contributed by atoms with Crippen LogP contribution in [0.1, 0.15) is 31.5 Å². The van der Waals surface area contributed by atoms with Gasteiger partial charge < -0.3 is 4.90 Å². The monoisotopic (exact) mass is 352 g/mol. The standard InChI is InChI=1S/C21H25FN4/c1-16(2)20-15-26(21-6-3-5-19(13-23)24-21)12-4-11-25(20)14-17-7-9-18(22)10-8-17/h3,5-10,16,20H,4,11-12,14-15H2,1-2H3/t20-/m1/s1. The van der Waals surface area contributed by atoms with Gasteiger partial charge in [0.1, 0.15) is 23.4 Å². The van der Waals surface area contributed by atoms with Gasteiger partial charge in [0.2, 0.25) is 0 Å². The van der Waals surface area contributed by atoms with E-state index in [-0.39, 0.29) is 5.82 Å². The molecule has 0 spiro atoms. The molecule has 1 aliphatic heterocycles. The van der Waals surface area contributed by atoms with Crippen molar-refractivity contribution in [3.05, 3.63) is 59.5 Å². The van der Waals surface area contributed by atoms with Crippen molar-refractivity contribution < 1.29 is 4.39 Å². The van der Waals surface area contributed by atoms with E-state index in [0.29, 0.717) is 17.7 Å². The normalized spacial score (nSPS) is 18.6. The van der Waals surface area contributed by atoms with E-state index in [2.05, 4.69) is 34.7 Å². The number of aromatic nitrogens is 1. The minimum atomic E-state index is -0.195. The number of benzene rings is 1. The predicted octanol–water partition coefficient (Wildman–Crippen LogP) is 3.83. The smallest absolute Gasteiger partial charge is 0.142 e. The maximum atomic E-state index is 13.2. The lowest BCUT2D eigenvalue weighted by Gasteiger charge is -2.35. The van der Waals surface area contributed by atoms with Crippen LogP contribution in [0.4, 0.5) is 10.2 Å². The second-order valence-electron chi connectivity index (χ2n) is 7.20. The molecule has 2 aromatic rings. The van der Waals surface area contributed by atoms with Crippen molar-refractivity contribution in [3.8, 4) is 6.07 Å².